The molecule has 3 N–H and O–H groups in total. The van der Waals surface area contributed by atoms with E-state index >= 15 is 0 Å². The van der Waals surface area contributed by atoms with Crippen LogP contribution in [-0.4, -0.2) is 39.1 Å². The van der Waals surface area contributed by atoms with Gasteiger partial charge in [-0.05, 0) is 38.0 Å². The van der Waals surface area contributed by atoms with Gasteiger partial charge < -0.3 is 24.4 Å². The maximum Gasteiger partial charge on any atom is 0.354 e. The summed E-state index contributed by atoms with van der Waals surface area (Å²) in [5.41, 5.74) is 1.00. The molecule has 28 heavy (non-hydrogen) atoms. The first kappa shape index (κ1) is 22.6. The van der Waals surface area contributed by atoms with Crippen LogP contribution in [0, 0.1) is 0 Å². The number of rotatable bonds is 11. The third-order valence-corrected chi connectivity index (χ3v) is 5.34. The zero-order valence-corrected chi connectivity index (χ0v) is 17.1. The molecule has 0 aliphatic rings. The molecule has 0 aromatic heterocycles. The van der Waals surface area contributed by atoms with Crippen molar-refractivity contribution in [2.24, 2.45) is 0 Å². The Morgan fingerprint density at radius 1 is 0.929 bits per heavy atom. The van der Waals surface area contributed by atoms with Gasteiger partial charge in [0.1, 0.15) is 11.9 Å². The molecule has 7 heteroatoms. The van der Waals surface area contributed by atoms with Gasteiger partial charge in [-0.2, -0.15) is 0 Å². The monoisotopic (exact) mass is 408 g/mol. The van der Waals surface area contributed by atoms with E-state index in [4.69, 9.17) is 9.47 Å². The van der Waals surface area contributed by atoms with Crippen molar-refractivity contribution in [3.8, 4) is 5.75 Å². The van der Waals surface area contributed by atoms with Gasteiger partial charge in [0.2, 0.25) is 0 Å². The Labute approximate surface area is 166 Å². The van der Waals surface area contributed by atoms with Crippen molar-refractivity contribution in [3.63, 3.8) is 0 Å². The Morgan fingerprint density at radius 3 is 2.04 bits per heavy atom. The Kier molecular flexibility index (Phi) is 8.67. The molecule has 0 saturated heterocycles. The van der Waals surface area contributed by atoms with E-state index in [1.165, 1.54) is 0 Å². The highest BCUT2D eigenvalue weighted by Crippen LogP contribution is 2.45. The van der Waals surface area contributed by atoms with Gasteiger partial charge >= 0.3 is 7.60 Å². The minimum absolute atomic E-state index is 0.0260. The van der Waals surface area contributed by atoms with Crippen molar-refractivity contribution < 1.29 is 28.9 Å². The second-order valence-corrected chi connectivity index (χ2v) is 8.81. The normalized spacial score (nSPS) is 16.2. The topological polar surface area (TPSA) is 96.2 Å². The Balaban J connectivity index is 2.17. The lowest BCUT2D eigenvalue weighted by Gasteiger charge is -2.28. The molecule has 6 nitrogen and oxygen atoms in total. The largest absolute Gasteiger partial charge is 0.490 e. The highest BCUT2D eigenvalue weighted by Gasteiger charge is 2.34. The number of para-hydroxylation sites is 1. The van der Waals surface area contributed by atoms with Crippen LogP contribution in [0.2, 0.25) is 0 Å². The number of hydrogen-bond donors (Lipinski definition) is 3. The van der Waals surface area contributed by atoms with Crippen molar-refractivity contribution in [2.45, 2.75) is 57.3 Å². The van der Waals surface area contributed by atoms with Crippen molar-refractivity contribution in [3.05, 3.63) is 66.2 Å². The summed E-state index contributed by atoms with van der Waals surface area (Å²) in [6.07, 6.45) is -0.793. The van der Waals surface area contributed by atoms with Crippen LogP contribution >= 0.6 is 7.60 Å². The number of ether oxygens (including phenoxy) is 2. The van der Waals surface area contributed by atoms with Crippen LogP contribution in [-0.2, 0) is 15.7 Å². The summed E-state index contributed by atoms with van der Waals surface area (Å²) >= 11 is 0. The molecule has 0 amide bonds. The van der Waals surface area contributed by atoms with Gasteiger partial charge in [-0.1, -0.05) is 48.5 Å². The summed E-state index contributed by atoms with van der Waals surface area (Å²) in [7, 11) is -4.52. The van der Waals surface area contributed by atoms with Crippen molar-refractivity contribution in [2.75, 3.05) is 0 Å². The van der Waals surface area contributed by atoms with Crippen molar-refractivity contribution >= 4 is 7.60 Å². The van der Waals surface area contributed by atoms with Gasteiger partial charge in [-0.15, -0.1) is 0 Å². The molecule has 0 spiro atoms. The van der Waals surface area contributed by atoms with E-state index in [0.717, 1.165) is 5.56 Å². The predicted molar refractivity (Wildman–Crippen MR) is 108 cm³/mol. The van der Waals surface area contributed by atoms with Crippen LogP contribution in [0.3, 0.4) is 0 Å². The molecule has 154 valence electrons. The van der Waals surface area contributed by atoms with Gasteiger partial charge in [-0.25, -0.2) is 0 Å². The molecule has 2 aromatic rings. The number of benzene rings is 2. The molecule has 0 radical (unpaired) electrons. The van der Waals surface area contributed by atoms with E-state index < -0.39 is 31.8 Å². The fraction of sp³-hybridized carbons (Fsp3) is 0.429. The molecule has 0 bridgehead atoms. The summed E-state index contributed by atoms with van der Waals surface area (Å²) < 4.78 is 23.7. The minimum Gasteiger partial charge on any atom is -0.490 e. The third kappa shape index (κ3) is 8.13. The number of aliphatic hydroxyl groups excluding tert-OH is 1. The molecular weight excluding hydrogens is 379 g/mol. The van der Waals surface area contributed by atoms with Crippen LogP contribution in [0.15, 0.2) is 60.7 Å². The maximum atomic E-state index is 12.0. The summed E-state index contributed by atoms with van der Waals surface area (Å²) in [6, 6.07) is 18.8. The number of aliphatic hydroxyl groups is 1. The van der Waals surface area contributed by atoms with E-state index in [0.29, 0.717) is 18.6 Å². The molecule has 4 atom stereocenters. The molecule has 2 aromatic carbocycles. The van der Waals surface area contributed by atoms with E-state index in [2.05, 4.69) is 0 Å². The zero-order valence-electron chi connectivity index (χ0n) is 16.2. The summed E-state index contributed by atoms with van der Waals surface area (Å²) in [6.45, 7) is 3.31. The Hall–Kier alpha value is -1.69. The number of hydrogen-bond acceptors (Lipinski definition) is 4. The second kappa shape index (κ2) is 10.7. The second-order valence-electron chi connectivity index (χ2n) is 7.05. The average Bonchev–Trinajstić information content (AvgIpc) is 2.61. The van der Waals surface area contributed by atoms with E-state index in [-0.39, 0.29) is 6.42 Å². The molecule has 3 unspecified atom stereocenters. The molecule has 0 fully saturated rings. The maximum absolute atomic E-state index is 12.0. The molecule has 0 aliphatic carbocycles. The quantitative estimate of drug-likeness (QED) is 0.490. The van der Waals surface area contributed by atoms with Gasteiger partial charge in [0.15, 0.2) is 5.85 Å². The highest BCUT2D eigenvalue weighted by molar-refractivity contribution is 7.52. The lowest BCUT2D eigenvalue weighted by atomic mass is 10.1. The first-order valence-corrected chi connectivity index (χ1v) is 11.1. The van der Waals surface area contributed by atoms with Gasteiger partial charge in [0, 0.05) is 12.8 Å². The first-order chi connectivity index (χ1) is 13.2. The third-order valence-electron chi connectivity index (χ3n) is 4.25. The SMILES string of the molecule is CC(O)CC(C)O[C@@H](CC(Cc1ccccc1)Oc1ccccc1)P(=O)(O)O. The Morgan fingerprint density at radius 2 is 1.50 bits per heavy atom. The molecule has 0 heterocycles. The van der Waals surface area contributed by atoms with Crippen molar-refractivity contribution in [1.82, 2.24) is 0 Å². The standard InChI is InChI=1S/C21H29O6P/c1-16(22)13-17(2)26-21(28(23,24)25)15-20(14-18-9-5-3-6-10-18)27-19-11-7-4-8-12-19/h3-12,16-17,20-22H,13-15H2,1-2H3,(H2,23,24,25)/t16?,17?,20?,21-/m1/s1. The van der Waals surface area contributed by atoms with E-state index in [1.807, 2.05) is 48.5 Å². The van der Waals surface area contributed by atoms with Crippen LogP contribution in [0.1, 0.15) is 32.3 Å². The van der Waals surface area contributed by atoms with Crippen LogP contribution in [0.25, 0.3) is 0 Å². The zero-order chi connectivity index (χ0) is 20.6. The fourth-order valence-electron chi connectivity index (χ4n) is 3.04. The molecule has 2 rings (SSSR count). The summed E-state index contributed by atoms with van der Waals surface area (Å²) in [5, 5.41) is 9.51. The fourth-order valence-corrected chi connectivity index (χ4v) is 3.92. The highest BCUT2D eigenvalue weighted by atomic mass is 31.2. The van der Waals surface area contributed by atoms with Crippen molar-refractivity contribution in [1.29, 1.82) is 0 Å². The van der Waals surface area contributed by atoms with Gasteiger partial charge in [-0.3, -0.25) is 4.57 Å². The predicted octanol–water partition coefficient (Wildman–Crippen LogP) is 3.75. The lowest BCUT2D eigenvalue weighted by Crippen LogP contribution is -2.30. The van der Waals surface area contributed by atoms with Crippen LogP contribution in [0.5, 0.6) is 5.75 Å². The molecular formula is C21H29O6P. The summed E-state index contributed by atoms with van der Waals surface area (Å²) in [4.78, 5) is 19.6. The summed E-state index contributed by atoms with van der Waals surface area (Å²) in [5.74, 6) is -0.677. The van der Waals surface area contributed by atoms with Crippen LogP contribution < -0.4 is 4.74 Å². The van der Waals surface area contributed by atoms with E-state index in [1.54, 1.807) is 26.0 Å². The average molecular weight is 408 g/mol. The molecule has 0 aliphatic heterocycles. The van der Waals surface area contributed by atoms with Crippen LogP contribution in [0.4, 0.5) is 0 Å². The minimum atomic E-state index is -4.52. The van der Waals surface area contributed by atoms with Gasteiger partial charge in [0.25, 0.3) is 0 Å². The smallest absolute Gasteiger partial charge is 0.354 e. The molecule has 0 saturated carbocycles. The lowest BCUT2D eigenvalue weighted by molar-refractivity contribution is -0.0152. The van der Waals surface area contributed by atoms with E-state index in [9.17, 15) is 19.5 Å². The Bertz CT molecular complexity index is 690. The van der Waals surface area contributed by atoms with Gasteiger partial charge in [0.05, 0.1) is 12.2 Å². The first-order valence-electron chi connectivity index (χ1n) is 9.38.